The molecule has 2 rings (SSSR count). The first-order chi connectivity index (χ1) is 8.67. The Hall–Kier alpha value is -1.83. The van der Waals surface area contributed by atoms with Gasteiger partial charge in [0.15, 0.2) is 0 Å². The van der Waals surface area contributed by atoms with E-state index in [1.165, 1.54) is 0 Å². The lowest BCUT2D eigenvalue weighted by Crippen LogP contribution is -2.43. The van der Waals surface area contributed by atoms with E-state index in [9.17, 15) is 4.79 Å². The summed E-state index contributed by atoms with van der Waals surface area (Å²) < 4.78 is 1.62. The lowest BCUT2D eigenvalue weighted by Gasteiger charge is -2.31. The summed E-state index contributed by atoms with van der Waals surface area (Å²) in [6.07, 6.45) is 3.58. The summed E-state index contributed by atoms with van der Waals surface area (Å²) >= 11 is 0. The van der Waals surface area contributed by atoms with E-state index in [2.05, 4.69) is 11.2 Å². The summed E-state index contributed by atoms with van der Waals surface area (Å²) in [4.78, 5) is 14.1. The van der Waals surface area contributed by atoms with Crippen molar-refractivity contribution < 1.29 is 4.79 Å². The second kappa shape index (κ2) is 5.21. The first-order valence-corrected chi connectivity index (χ1v) is 6.41. The molecule has 18 heavy (non-hydrogen) atoms. The monoisotopic (exact) mass is 246 g/mol. The van der Waals surface area contributed by atoms with Crippen LogP contribution in [0.1, 0.15) is 42.4 Å². The zero-order valence-electron chi connectivity index (χ0n) is 10.9. The van der Waals surface area contributed by atoms with Crippen LogP contribution in [0.15, 0.2) is 6.07 Å². The molecule has 1 unspecified atom stereocenters. The second-order valence-corrected chi connectivity index (χ2v) is 4.64. The van der Waals surface area contributed by atoms with Crippen LogP contribution in [-0.2, 0) is 13.5 Å². The highest BCUT2D eigenvalue weighted by Crippen LogP contribution is 2.19. The number of likely N-dealkylation sites (tertiary alicyclic amines) is 1. The molecular formula is C13H18N4O. The van der Waals surface area contributed by atoms with Crippen LogP contribution in [0.5, 0.6) is 0 Å². The molecule has 2 heterocycles. The Kier molecular flexibility index (Phi) is 3.66. The van der Waals surface area contributed by atoms with Gasteiger partial charge < -0.3 is 4.90 Å². The molecule has 0 radical (unpaired) electrons. The minimum Gasteiger partial charge on any atom is -0.321 e. The lowest BCUT2D eigenvalue weighted by atomic mass is 10.0. The maximum Gasteiger partial charge on any atom is 0.273 e. The average Bonchev–Trinajstić information content (AvgIpc) is 2.79. The van der Waals surface area contributed by atoms with Gasteiger partial charge in [0, 0.05) is 13.6 Å². The average molecular weight is 246 g/mol. The van der Waals surface area contributed by atoms with Gasteiger partial charge in [-0.15, -0.1) is 0 Å². The van der Waals surface area contributed by atoms with Gasteiger partial charge in [0.1, 0.15) is 11.7 Å². The van der Waals surface area contributed by atoms with Gasteiger partial charge in [0.2, 0.25) is 0 Å². The number of aryl methyl sites for hydroxylation is 2. The molecule has 1 aromatic rings. The normalized spacial score (nSPS) is 19.6. The van der Waals surface area contributed by atoms with Gasteiger partial charge in [0.05, 0.1) is 11.8 Å². The van der Waals surface area contributed by atoms with Crippen molar-refractivity contribution >= 4 is 5.91 Å². The minimum atomic E-state index is -0.286. The van der Waals surface area contributed by atoms with Crippen molar-refractivity contribution in [3.63, 3.8) is 0 Å². The Morgan fingerprint density at radius 3 is 3.00 bits per heavy atom. The number of nitrogens with zero attached hydrogens (tertiary/aromatic N) is 4. The number of carbonyl (C=O) groups excluding carboxylic acids is 1. The van der Waals surface area contributed by atoms with Crippen molar-refractivity contribution in [3.05, 3.63) is 17.5 Å². The van der Waals surface area contributed by atoms with Crippen LogP contribution in [0.25, 0.3) is 0 Å². The van der Waals surface area contributed by atoms with Gasteiger partial charge in [-0.1, -0.05) is 6.92 Å². The largest absolute Gasteiger partial charge is 0.321 e. The minimum absolute atomic E-state index is 0.0732. The molecule has 1 aromatic heterocycles. The number of nitriles is 1. The number of piperidine rings is 1. The van der Waals surface area contributed by atoms with E-state index in [0.717, 1.165) is 31.4 Å². The summed E-state index contributed by atoms with van der Waals surface area (Å²) in [7, 11) is 1.78. The molecular weight excluding hydrogens is 228 g/mol. The standard InChI is InChI=1S/C13H18N4O/c1-3-10-8-12(16(2)15-10)13(18)17-7-5-4-6-11(17)9-14/h8,11H,3-7H2,1-2H3. The summed E-state index contributed by atoms with van der Waals surface area (Å²) in [6.45, 7) is 2.68. The first-order valence-electron chi connectivity index (χ1n) is 6.41. The number of rotatable bonds is 2. The quantitative estimate of drug-likeness (QED) is 0.794. The predicted molar refractivity (Wildman–Crippen MR) is 66.9 cm³/mol. The van der Waals surface area contributed by atoms with E-state index in [1.807, 2.05) is 13.0 Å². The fourth-order valence-corrected chi connectivity index (χ4v) is 2.36. The summed E-state index contributed by atoms with van der Waals surface area (Å²) in [6, 6.07) is 3.76. The molecule has 1 atom stereocenters. The van der Waals surface area contributed by atoms with Crippen LogP contribution in [0.3, 0.4) is 0 Å². The molecule has 1 amide bonds. The lowest BCUT2D eigenvalue weighted by molar-refractivity contribution is 0.0659. The number of amides is 1. The Balaban J connectivity index is 2.24. The molecule has 5 nitrogen and oxygen atoms in total. The van der Waals surface area contributed by atoms with E-state index >= 15 is 0 Å². The maximum atomic E-state index is 12.4. The van der Waals surface area contributed by atoms with Crippen LogP contribution in [0.2, 0.25) is 0 Å². The Labute approximate surface area is 107 Å². The molecule has 1 aliphatic heterocycles. The van der Waals surface area contributed by atoms with Gasteiger partial charge in [0.25, 0.3) is 5.91 Å². The third kappa shape index (κ3) is 2.23. The van der Waals surface area contributed by atoms with E-state index in [0.29, 0.717) is 12.2 Å². The fourth-order valence-electron chi connectivity index (χ4n) is 2.36. The molecule has 0 N–H and O–H groups in total. The molecule has 1 aliphatic rings. The zero-order valence-corrected chi connectivity index (χ0v) is 10.9. The number of aromatic nitrogens is 2. The van der Waals surface area contributed by atoms with Gasteiger partial charge in [-0.2, -0.15) is 10.4 Å². The van der Waals surface area contributed by atoms with E-state index in [4.69, 9.17) is 5.26 Å². The zero-order chi connectivity index (χ0) is 13.1. The van der Waals surface area contributed by atoms with Crippen molar-refractivity contribution in [2.45, 2.75) is 38.6 Å². The van der Waals surface area contributed by atoms with Gasteiger partial charge in [-0.25, -0.2) is 0 Å². The summed E-state index contributed by atoms with van der Waals surface area (Å²) in [5, 5.41) is 13.4. The first kappa shape index (κ1) is 12.6. The van der Waals surface area contributed by atoms with E-state index in [1.54, 1.807) is 16.6 Å². The third-order valence-corrected chi connectivity index (χ3v) is 3.42. The molecule has 0 spiro atoms. The smallest absolute Gasteiger partial charge is 0.273 e. The summed E-state index contributed by atoms with van der Waals surface area (Å²) in [5.74, 6) is -0.0732. The number of hydrogen-bond donors (Lipinski definition) is 0. The highest BCUT2D eigenvalue weighted by atomic mass is 16.2. The van der Waals surface area contributed by atoms with Gasteiger partial charge in [-0.05, 0) is 31.7 Å². The van der Waals surface area contributed by atoms with Crippen LogP contribution < -0.4 is 0 Å². The van der Waals surface area contributed by atoms with Crippen molar-refractivity contribution in [2.75, 3.05) is 6.54 Å². The fraction of sp³-hybridized carbons (Fsp3) is 0.615. The van der Waals surface area contributed by atoms with Crippen LogP contribution in [0, 0.1) is 11.3 Å². The van der Waals surface area contributed by atoms with E-state index < -0.39 is 0 Å². The van der Waals surface area contributed by atoms with Gasteiger partial charge >= 0.3 is 0 Å². The highest BCUT2D eigenvalue weighted by molar-refractivity contribution is 5.93. The number of hydrogen-bond acceptors (Lipinski definition) is 3. The second-order valence-electron chi connectivity index (χ2n) is 4.64. The molecule has 96 valence electrons. The Morgan fingerprint density at radius 2 is 2.39 bits per heavy atom. The summed E-state index contributed by atoms with van der Waals surface area (Å²) in [5.41, 5.74) is 1.49. The molecule has 1 saturated heterocycles. The van der Waals surface area contributed by atoms with Crippen molar-refractivity contribution in [3.8, 4) is 6.07 Å². The highest BCUT2D eigenvalue weighted by Gasteiger charge is 2.29. The Morgan fingerprint density at radius 1 is 1.61 bits per heavy atom. The maximum absolute atomic E-state index is 12.4. The third-order valence-electron chi connectivity index (χ3n) is 3.42. The van der Waals surface area contributed by atoms with Crippen molar-refractivity contribution in [1.82, 2.24) is 14.7 Å². The van der Waals surface area contributed by atoms with Crippen molar-refractivity contribution in [2.24, 2.45) is 7.05 Å². The van der Waals surface area contributed by atoms with Gasteiger partial charge in [-0.3, -0.25) is 9.48 Å². The molecule has 1 fully saturated rings. The predicted octanol–water partition coefficient (Wildman–Crippen LogP) is 1.50. The molecule has 0 bridgehead atoms. The van der Waals surface area contributed by atoms with Crippen LogP contribution >= 0.6 is 0 Å². The van der Waals surface area contributed by atoms with Crippen molar-refractivity contribution in [1.29, 1.82) is 5.26 Å². The van der Waals surface area contributed by atoms with Crippen LogP contribution in [0.4, 0.5) is 0 Å². The molecule has 0 aliphatic carbocycles. The number of carbonyl (C=O) groups is 1. The molecule has 5 heteroatoms. The molecule has 0 aromatic carbocycles. The molecule has 0 saturated carbocycles. The Bertz CT molecular complexity index is 486. The van der Waals surface area contributed by atoms with E-state index in [-0.39, 0.29) is 11.9 Å². The van der Waals surface area contributed by atoms with Crippen LogP contribution in [-0.4, -0.2) is 33.2 Å². The SMILES string of the molecule is CCc1cc(C(=O)N2CCCCC2C#N)n(C)n1. The topological polar surface area (TPSA) is 61.9 Å².